The van der Waals surface area contributed by atoms with Crippen molar-refractivity contribution in [2.24, 2.45) is 0 Å². The first-order valence-corrected chi connectivity index (χ1v) is 13.3. The van der Waals surface area contributed by atoms with Gasteiger partial charge < -0.3 is 0 Å². The molecular weight excluding hydrogens is 468 g/mol. The van der Waals surface area contributed by atoms with Crippen LogP contribution in [0.3, 0.4) is 0 Å². The van der Waals surface area contributed by atoms with E-state index in [-0.39, 0.29) is 0 Å². The molecule has 0 unspecified atom stereocenters. The Morgan fingerprint density at radius 3 is 2.70 bits per heavy atom. The average molecular weight is 489 g/mol. The molecule has 0 saturated heterocycles. The molecule has 1 aliphatic carbocycles. The summed E-state index contributed by atoms with van der Waals surface area (Å²) < 4.78 is 2.10. The number of thiophene rings is 1. The second-order valence-electron chi connectivity index (χ2n) is 8.07. The molecule has 0 amide bonds. The molecule has 7 heteroatoms. The van der Waals surface area contributed by atoms with Gasteiger partial charge >= 0.3 is 0 Å². The van der Waals surface area contributed by atoms with E-state index in [0.717, 1.165) is 45.6 Å². The molecule has 2 aromatic carbocycles. The van der Waals surface area contributed by atoms with Crippen molar-refractivity contribution in [3.63, 3.8) is 0 Å². The van der Waals surface area contributed by atoms with Gasteiger partial charge in [0, 0.05) is 16.2 Å². The van der Waals surface area contributed by atoms with E-state index in [0.29, 0.717) is 5.02 Å². The minimum atomic E-state index is 0.681. The van der Waals surface area contributed by atoms with E-state index in [9.17, 15) is 0 Å². The highest BCUT2D eigenvalue weighted by molar-refractivity contribution is 7.99. The first kappa shape index (κ1) is 20.9. The molecule has 3 aromatic heterocycles. The van der Waals surface area contributed by atoms with Gasteiger partial charge in [-0.2, -0.15) is 0 Å². The van der Waals surface area contributed by atoms with Crippen LogP contribution in [0, 0.1) is 0 Å². The SMILES string of the molecule is Clc1ccccc1-c1nc2sc3c(c2c2nnc(SCC=Cc4ccccc4)n12)CCCC3. The van der Waals surface area contributed by atoms with Gasteiger partial charge in [-0.1, -0.05) is 78.0 Å². The summed E-state index contributed by atoms with van der Waals surface area (Å²) in [6.45, 7) is 0. The summed E-state index contributed by atoms with van der Waals surface area (Å²) >= 11 is 10.1. The van der Waals surface area contributed by atoms with Crippen LogP contribution in [0.1, 0.15) is 28.8 Å². The largest absolute Gasteiger partial charge is 0.253 e. The maximum Gasteiger partial charge on any atom is 0.197 e. The third kappa shape index (κ3) is 3.86. The van der Waals surface area contributed by atoms with Gasteiger partial charge in [0.2, 0.25) is 0 Å². The Kier molecular flexibility index (Phi) is 5.66. The fourth-order valence-corrected chi connectivity index (χ4v) is 6.64. The molecule has 33 heavy (non-hydrogen) atoms. The highest BCUT2D eigenvalue weighted by Gasteiger charge is 2.24. The van der Waals surface area contributed by atoms with Crippen LogP contribution >= 0.6 is 34.7 Å². The third-order valence-electron chi connectivity index (χ3n) is 5.96. The number of fused-ring (bicyclic) bond motifs is 5. The zero-order valence-electron chi connectivity index (χ0n) is 17.9. The molecule has 0 fully saturated rings. The Bertz CT molecular complexity index is 1490. The Labute approximate surface area is 205 Å². The molecule has 0 atom stereocenters. The number of hydrogen-bond acceptors (Lipinski definition) is 5. The molecule has 3 heterocycles. The number of rotatable bonds is 5. The summed E-state index contributed by atoms with van der Waals surface area (Å²) in [5.41, 5.74) is 4.40. The fraction of sp³-hybridized carbons (Fsp3) is 0.192. The van der Waals surface area contributed by atoms with E-state index in [1.807, 2.05) is 42.5 Å². The zero-order chi connectivity index (χ0) is 22.2. The van der Waals surface area contributed by atoms with Crippen molar-refractivity contribution in [1.29, 1.82) is 0 Å². The van der Waals surface area contributed by atoms with Gasteiger partial charge in [-0.3, -0.25) is 4.40 Å². The maximum atomic E-state index is 6.62. The number of benzene rings is 2. The summed E-state index contributed by atoms with van der Waals surface area (Å²) in [6, 6.07) is 18.2. The number of halogens is 1. The average Bonchev–Trinajstić information content (AvgIpc) is 3.43. The second kappa shape index (κ2) is 8.93. The molecule has 5 aromatic rings. The van der Waals surface area contributed by atoms with Gasteiger partial charge in [0.15, 0.2) is 16.6 Å². The normalized spacial score (nSPS) is 13.8. The molecule has 0 saturated carbocycles. The lowest BCUT2D eigenvalue weighted by atomic mass is 9.97. The Morgan fingerprint density at radius 1 is 1.00 bits per heavy atom. The van der Waals surface area contributed by atoms with Gasteiger partial charge in [-0.15, -0.1) is 21.5 Å². The summed E-state index contributed by atoms with van der Waals surface area (Å²) in [7, 11) is 0. The van der Waals surface area contributed by atoms with Crippen LogP contribution in [0.15, 0.2) is 65.8 Å². The molecule has 0 radical (unpaired) electrons. The van der Waals surface area contributed by atoms with E-state index in [1.54, 1.807) is 23.1 Å². The van der Waals surface area contributed by atoms with Crippen LogP contribution < -0.4 is 0 Å². The molecule has 1 aliphatic rings. The zero-order valence-corrected chi connectivity index (χ0v) is 20.3. The monoisotopic (exact) mass is 488 g/mol. The summed E-state index contributed by atoms with van der Waals surface area (Å²) in [4.78, 5) is 7.62. The molecule has 0 aliphatic heterocycles. The quantitative estimate of drug-likeness (QED) is 0.243. The highest BCUT2D eigenvalue weighted by atomic mass is 35.5. The molecule has 0 spiro atoms. The van der Waals surface area contributed by atoms with E-state index in [1.165, 1.54) is 34.2 Å². The van der Waals surface area contributed by atoms with Crippen LogP contribution in [0.5, 0.6) is 0 Å². The van der Waals surface area contributed by atoms with Crippen molar-refractivity contribution in [3.05, 3.63) is 81.7 Å². The molecule has 0 bridgehead atoms. The van der Waals surface area contributed by atoms with E-state index in [4.69, 9.17) is 16.6 Å². The van der Waals surface area contributed by atoms with E-state index < -0.39 is 0 Å². The number of aryl methyl sites for hydroxylation is 2. The third-order valence-corrected chi connectivity index (χ3v) is 8.36. The van der Waals surface area contributed by atoms with E-state index in [2.05, 4.69) is 38.9 Å². The van der Waals surface area contributed by atoms with Gasteiger partial charge in [0.05, 0.1) is 10.4 Å². The lowest BCUT2D eigenvalue weighted by Crippen LogP contribution is -2.01. The van der Waals surface area contributed by atoms with Crippen LogP contribution in [0.25, 0.3) is 33.3 Å². The highest BCUT2D eigenvalue weighted by Crippen LogP contribution is 2.40. The van der Waals surface area contributed by atoms with Crippen molar-refractivity contribution in [1.82, 2.24) is 19.6 Å². The standard InChI is InChI=1S/C26H21ClN4S2/c27-20-14-6-4-12-18(20)23-28-25-22(19-13-5-7-15-21(19)33-25)24-29-30-26(31(23)24)32-16-8-11-17-9-2-1-3-10-17/h1-4,6,8-12,14H,5,7,13,15-16H2. The topological polar surface area (TPSA) is 43.1 Å². The van der Waals surface area contributed by atoms with E-state index >= 15 is 0 Å². The molecule has 0 N–H and O–H groups in total. The maximum absolute atomic E-state index is 6.62. The van der Waals surface area contributed by atoms with Crippen LogP contribution in [-0.2, 0) is 12.8 Å². The fourth-order valence-electron chi connectivity index (χ4n) is 4.42. The minimum absolute atomic E-state index is 0.681. The Morgan fingerprint density at radius 2 is 1.82 bits per heavy atom. The number of aromatic nitrogens is 4. The second-order valence-corrected chi connectivity index (χ2v) is 10.5. The smallest absolute Gasteiger partial charge is 0.197 e. The molecule has 6 rings (SSSR count). The van der Waals surface area contributed by atoms with Crippen molar-refractivity contribution >= 4 is 56.6 Å². The van der Waals surface area contributed by atoms with Crippen molar-refractivity contribution in [2.45, 2.75) is 30.8 Å². The predicted octanol–water partition coefficient (Wildman–Crippen LogP) is 7.34. The summed E-state index contributed by atoms with van der Waals surface area (Å²) in [5.74, 6) is 1.60. The summed E-state index contributed by atoms with van der Waals surface area (Å²) in [5, 5.41) is 12.0. The van der Waals surface area contributed by atoms with Gasteiger partial charge in [-0.05, 0) is 48.9 Å². The lowest BCUT2D eigenvalue weighted by molar-refractivity contribution is 0.700. The van der Waals surface area contributed by atoms with Crippen LogP contribution in [-0.4, -0.2) is 25.3 Å². The minimum Gasteiger partial charge on any atom is -0.253 e. The predicted molar refractivity (Wildman–Crippen MR) is 139 cm³/mol. The van der Waals surface area contributed by atoms with Crippen LogP contribution in [0.2, 0.25) is 5.02 Å². The van der Waals surface area contributed by atoms with Crippen molar-refractivity contribution in [2.75, 3.05) is 5.75 Å². The Balaban J connectivity index is 1.47. The lowest BCUT2D eigenvalue weighted by Gasteiger charge is -2.11. The number of nitrogens with zero attached hydrogens (tertiary/aromatic N) is 4. The number of thioether (sulfide) groups is 1. The molecule has 4 nitrogen and oxygen atoms in total. The van der Waals surface area contributed by atoms with Gasteiger partial charge in [0.25, 0.3) is 0 Å². The van der Waals surface area contributed by atoms with Crippen molar-refractivity contribution in [3.8, 4) is 11.4 Å². The van der Waals surface area contributed by atoms with Crippen molar-refractivity contribution < 1.29 is 0 Å². The molecular formula is C26H21ClN4S2. The Hall–Kier alpha value is -2.67. The van der Waals surface area contributed by atoms with Crippen LogP contribution in [0.4, 0.5) is 0 Å². The first-order chi connectivity index (χ1) is 16.3. The molecule has 164 valence electrons. The first-order valence-electron chi connectivity index (χ1n) is 11.1. The number of hydrogen-bond donors (Lipinski definition) is 0. The van der Waals surface area contributed by atoms with Gasteiger partial charge in [0.1, 0.15) is 4.83 Å². The van der Waals surface area contributed by atoms with Gasteiger partial charge in [-0.25, -0.2) is 4.98 Å². The summed E-state index contributed by atoms with van der Waals surface area (Å²) in [6.07, 6.45) is 8.98.